The van der Waals surface area contributed by atoms with E-state index in [0.717, 1.165) is 29.2 Å². The van der Waals surface area contributed by atoms with Crippen molar-refractivity contribution < 1.29 is 0 Å². The average Bonchev–Trinajstić information content (AvgIpc) is 2.64. The minimum atomic E-state index is 0.487. The third-order valence-corrected chi connectivity index (χ3v) is 3.21. The van der Waals surface area contributed by atoms with Gasteiger partial charge in [0.15, 0.2) is 10.8 Å². The number of nitrogens with zero attached hydrogens (tertiary/aromatic N) is 3. The molecule has 0 spiro atoms. The van der Waals surface area contributed by atoms with Crippen molar-refractivity contribution in [3.8, 4) is 10.8 Å². The van der Waals surface area contributed by atoms with Gasteiger partial charge in [-0.15, -0.1) is 11.3 Å². The van der Waals surface area contributed by atoms with Crippen molar-refractivity contribution in [2.45, 2.75) is 26.7 Å². The van der Waals surface area contributed by atoms with Crippen molar-refractivity contribution in [3.05, 3.63) is 28.0 Å². The predicted octanol–water partition coefficient (Wildman–Crippen LogP) is 3.51. The zero-order valence-corrected chi connectivity index (χ0v) is 10.8. The molecule has 16 heavy (non-hydrogen) atoms. The predicted molar refractivity (Wildman–Crippen MR) is 66.9 cm³/mol. The number of aryl methyl sites for hydroxylation is 2. The van der Waals surface area contributed by atoms with Gasteiger partial charge >= 0.3 is 0 Å². The summed E-state index contributed by atoms with van der Waals surface area (Å²) in [5.41, 5.74) is 1.96. The van der Waals surface area contributed by atoms with Crippen molar-refractivity contribution >= 4 is 22.9 Å². The summed E-state index contributed by atoms with van der Waals surface area (Å²) in [6.45, 7) is 4.07. The summed E-state index contributed by atoms with van der Waals surface area (Å²) >= 11 is 7.51. The third-order valence-electron chi connectivity index (χ3n) is 2.06. The van der Waals surface area contributed by atoms with Crippen LogP contribution in [0.25, 0.3) is 10.8 Å². The molecule has 2 heterocycles. The van der Waals surface area contributed by atoms with Gasteiger partial charge in [-0.05, 0) is 19.4 Å². The summed E-state index contributed by atoms with van der Waals surface area (Å²) < 4.78 is 0. The number of halogens is 1. The fourth-order valence-corrected chi connectivity index (χ4v) is 2.34. The van der Waals surface area contributed by atoms with Crippen molar-refractivity contribution in [1.82, 2.24) is 15.0 Å². The molecule has 2 aromatic heterocycles. The highest BCUT2D eigenvalue weighted by atomic mass is 35.5. The van der Waals surface area contributed by atoms with Crippen LogP contribution >= 0.6 is 22.9 Å². The molecule has 2 aromatic rings. The molecule has 0 saturated carbocycles. The Balaban J connectivity index is 2.40. The SMILES string of the molecule is CCCc1cc(Cl)nc(-c2nc(C)cs2)n1. The molecule has 0 aliphatic carbocycles. The summed E-state index contributed by atoms with van der Waals surface area (Å²) in [4.78, 5) is 13.0. The average molecular weight is 254 g/mol. The van der Waals surface area contributed by atoms with Crippen LogP contribution in [0.15, 0.2) is 11.4 Å². The summed E-state index contributed by atoms with van der Waals surface area (Å²) in [5.74, 6) is 0.633. The number of rotatable bonds is 3. The van der Waals surface area contributed by atoms with Crippen LogP contribution in [0.1, 0.15) is 24.7 Å². The maximum Gasteiger partial charge on any atom is 0.190 e. The van der Waals surface area contributed by atoms with Crippen molar-refractivity contribution in [1.29, 1.82) is 0 Å². The normalized spacial score (nSPS) is 10.7. The van der Waals surface area contributed by atoms with E-state index in [1.54, 1.807) is 11.3 Å². The molecule has 2 rings (SSSR count). The van der Waals surface area contributed by atoms with E-state index in [9.17, 15) is 0 Å². The molecule has 0 saturated heterocycles. The third kappa shape index (κ3) is 2.57. The second-order valence-electron chi connectivity index (χ2n) is 3.55. The molecule has 5 heteroatoms. The minimum Gasteiger partial charge on any atom is -0.238 e. The van der Waals surface area contributed by atoms with E-state index in [1.165, 1.54) is 0 Å². The molecular formula is C11H12ClN3S. The van der Waals surface area contributed by atoms with Crippen LogP contribution in [-0.4, -0.2) is 15.0 Å². The molecule has 0 fully saturated rings. The molecule has 3 nitrogen and oxygen atoms in total. The molecule has 0 bridgehead atoms. The highest BCUT2D eigenvalue weighted by Gasteiger charge is 2.08. The Labute approximate surface area is 104 Å². The van der Waals surface area contributed by atoms with Gasteiger partial charge in [-0.25, -0.2) is 15.0 Å². The zero-order chi connectivity index (χ0) is 11.5. The smallest absolute Gasteiger partial charge is 0.190 e. The summed E-state index contributed by atoms with van der Waals surface area (Å²) in [5, 5.41) is 3.30. The van der Waals surface area contributed by atoms with Crippen LogP contribution in [0.3, 0.4) is 0 Å². The lowest BCUT2D eigenvalue weighted by Crippen LogP contribution is -1.95. The van der Waals surface area contributed by atoms with Gasteiger partial charge in [-0.1, -0.05) is 24.9 Å². The molecule has 84 valence electrons. The molecule has 0 atom stereocenters. The summed E-state index contributed by atoms with van der Waals surface area (Å²) in [7, 11) is 0. The zero-order valence-electron chi connectivity index (χ0n) is 9.20. The minimum absolute atomic E-state index is 0.487. The second kappa shape index (κ2) is 4.89. The lowest BCUT2D eigenvalue weighted by atomic mass is 10.2. The van der Waals surface area contributed by atoms with E-state index in [2.05, 4.69) is 21.9 Å². The molecule has 0 amide bonds. The largest absolute Gasteiger partial charge is 0.238 e. The van der Waals surface area contributed by atoms with E-state index in [4.69, 9.17) is 11.6 Å². The second-order valence-corrected chi connectivity index (χ2v) is 4.80. The molecular weight excluding hydrogens is 242 g/mol. The van der Waals surface area contributed by atoms with Gasteiger partial charge in [0.05, 0.1) is 0 Å². The lowest BCUT2D eigenvalue weighted by Gasteiger charge is -2.01. The summed E-state index contributed by atoms with van der Waals surface area (Å²) in [6, 6.07) is 1.81. The van der Waals surface area contributed by atoms with Gasteiger partial charge in [-0.2, -0.15) is 0 Å². The van der Waals surface area contributed by atoms with Crippen LogP contribution in [0.4, 0.5) is 0 Å². The number of hydrogen-bond acceptors (Lipinski definition) is 4. The van der Waals surface area contributed by atoms with Gasteiger partial charge in [0.2, 0.25) is 0 Å². The highest BCUT2D eigenvalue weighted by Crippen LogP contribution is 2.22. The Hall–Kier alpha value is -1.00. The number of hydrogen-bond donors (Lipinski definition) is 0. The highest BCUT2D eigenvalue weighted by molar-refractivity contribution is 7.13. The van der Waals surface area contributed by atoms with E-state index < -0.39 is 0 Å². The van der Waals surface area contributed by atoms with Gasteiger partial charge in [0.1, 0.15) is 5.15 Å². The Bertz CT molecular complexity index is 496. The molecule has 0 aliphatic rings. The standard InChI is InChI=1S/C11H12ClN3S/c1-3-4-8-5-9(12)15-10(14-8)11-13-7(2)6-16-11/h5-6H,3-4H2,1-2H3. The first-order valence-corrected chi connectivity index (χ1v) is 6.40. The molecule has 0 unspecified atom stereocenters. The first-order chi connectivity index (χ1) is 7.69. The number of aromatic nitrogens is 3. The van der Waals surface area contributed by atoms with Gasteiger partial charge in [-0.3, -0.25) is 0 Å². The molecule has 0 aromatic carbocycles. The maximum absolute atomic E-state index is 5.97. The quantitative estimate of drug-likeness (QED) is 0.786. The Kier molecular flexibility index (Phi) is 3.51. The lowest BCUT2D eigenvalue weighted by molar-refractivity contribution is 0.875. The Morgan fingerprint density at radius 1 is 1.31 bits per heavy atom. The molecule has 0 N–H and O–H groups in total. The van der Waals surface area contributed by atoms with Gasteiger partial charge < -0.3 is 0 Å². The summed E-state index contributed by atoms with van der Waals surface area (Å²) in [6.07, 6.45) is 1.96. The van der Waals surface area contributed by atoms with Gasteiger partial charge in [0.25, 0.3) is 0 Å². The van der Waals surface area contributed by atoms with Crippen LogP contribution < -0.4 is 0 Å². The first kappa shape index (κ1) is 11.5. The van der Waals surface area contributed by atoms with Gasteiger partial charge in [0, 0.05) is 16.8 Å². The number of thiazole rings is 1. The Morgan fingerprint density at radius 2 is 2.12 bits per heavy atom. The van der Waals surface area contributed by atoms with E-state index >= 15 is 0 Å². The fraction of sp³-hybridized carbons (Fsp3) is 0.364. The molecule has 0 aliphatic heterocycles. The van der Waals surface area contributed by atoms with Crippen LogP contribution in [0.5, 0.6) is 0 Å². The van der Waals surface area contributed by atoms with E-state index in [-0.39, 0.29) is 0 Å². The monoisotopic (exact) mass is 253 g/mol. The van der Waals surface area contributed by atoms with Crippen LogP contribution in [0.2, 0.25) is 5.15 Å². The Morgan fingerprint density at radius 3 is 2.75 bits per heavy atom. The maximum atomic E-state index is 5.97. The van der Waals surface area contributed by atoms with Crippen molar-refractivity contribution in [3.63, 3.8) is 0 Å². The van der Waals surface area contributed by atoms with Crippen LogP contribution in [-0.2, 0) is 6.42 Å². The van der Waals surface area contributed by atoms with Crippen LogP contribution in [0, 0.1) is 6.92 Å². The first-order valence-electron chi connectivity index (χ1n) is 5.15. The topological polar surface area (TPSA) is 38.7 Å². The van der Waals surface area contributed by atoms with Crippen molar-refractivity contribution in [2.24, 2.45) is 0 Å². The fourth-order valence-electron chi connectivity index (χ4n) is 1.40. The van der Waals surface area contributed by atoms with E-state index in [1.807, 2.05) is 18.4 Å². The molecule has 0 radical (unpaired) electrons. The van der Waals surface area contributed by atoms with Crippen molar-refractivity contribution in [2.75, 3.05) is 0 Å². The van der Waals surface area contributed by atoms with E-state index in [0.29, 0.717) is 11.0 Å².